The van der Waals surface area contributed by atoms with Gasteiger partial charge in [0.2, 0.25) is 0 Å². The van der Waals surface area contributed by atoms with E-state index in [0.29, 0.717) is 19.6 Å². The number of urea groups is 1. The first-order valence-corrected chi connectivity index (χ1v) is 9.17. The van der Waals surface area contributed by atoms with E-state index in [1.807, 2.05) is 60.2 Å². The van der Waals surface area contributed by atoms with Gasteiger partial charge in [0.1, 0.15) is 5.82 Å². The Morgan fingerprint density at radius 2 is 2.00 bits per heavy atom. The number of carbonyl (C=O) groups excluding carboxylic acids is 1. The van der Waals surface area contributed by atoms with Crippen LogP contribution in [0.15, 0.2) is 79.5 Å². The number of nitrogens with zero attached hydrogens (tertiary/aromatic N) is 2. The average molecular weight is 377 g/mol. The molecule has 0 fully saturated rings. The summed E-state index contributed by atoms with van der Waals surface area (Å²) in [7, 11) is 0. The van der Waals surface area contributed by atoms with Crippen LogP contribution >= 0.6 is 0 Å². The fourth-order valence-corrected chi connectivity index (χ4v) is 3.06. The van der Waals surface area contributed by atoms with Gasteiger partial charge in [-0.1, -0.05) is 36.4 Å². The number of para-hydroxylation sites is 1. The number of carbonyl (C=O) groups is 1. The number of benzene rings is 2. The Hall–Kier alpha value is -3.34. The molecule has 2 amide bonds. The lowest BCUT2D eigenvalue weighted by molar-refractivity contribution is 0.214. The lowest BCUT2D eigenvalue weighted by Crippen LogP contribution is -2.35. The molecular weight excluding hydrogens is 353 g/mol. The van der Waals surface area contributed by atoms with Gasteiger partial charge in [0.15, 0.2) is 0 Å². The smallest absolute Gasteiger partial charge is 0.322 e. The summed E-state index contributed by atoms with van der Waals surface area (Å²) in [6.45, 7) is 7.11. The molecule has 1 N–H and O–H groups in total. The number of anilines is 1. The van der Waals surface area contributed by atoms with Gasteiger partial charge in [0.25, 0.3) is 0 Å². The van der Waals surface area contributed by atoms with Gasteiger partial charge in [0.05, 0.1) is 6.54 Å². The molecule has 0 spiro atoms. The van der Waals surface area contributed by atoms with Crippen LogP contribution in [-0.2, 0) is 13.1 Å². The van der Waals surface area contributed by atoms with E-state index in [1.165, 1.54) is 12.1 Å². The minimum Gasteiger partial charge on any atom is -0.345 e. The number of nitrogens with one attached hydrogen (secondary N) is 1. The monoisotopic (exact) mass is 377 g/mol. The van der Waals surface area contributed by atoms with Crippen molar-refractivity contribution in [2.24, 2.45) is 0 Å². The second kappa shape index (κ2) is 9.04. The van der Waals surface area contributed by atoms with Crippen LogP contribution in [0.5, 0.6) is 0 Å². The lowest BCUT2D eigenvalue weighted by atomic mass is 10.2. The molecule has 28 heavy (non-hydrogen) atoms. The molecule has 0 radical (unpaired) electrons. The van der Waals surface area contributed by atoms with E-state index in [9.17, 15) is 9.18 Å². The van der Waals surface area contributed by atoms with Crippen LogP contribution in [0.25, 0.3) is 0 Å². The highest BCUT2D eigenvalue weighted by Gasteiger charge is 2.15. The number of hydrogen-bond donors (Lipinski definition) is 1. The Labute approximate surface area is 164 Å². The minimum absolute atomic E-state index is 0.187. The molecule has 1 heterocycles. The molecule has 3 rings (SSSR count). The summed E-state index contributed by atoms with van der Waals surface area (Å²) in [6, 6.07) is 17.9. The van der Waals surface area contributed by atoms with Crippen molar-refractivity contribution < 1.29 is 9.18 Å². The number of rotatable bonds is 7. The molecule has 0 bridgehead atoms. The van der Waals surface area contributed by atoms with Crippen molar-refractivity contribution in [3.05, 3.63) is 102 Å². The van der Waals surface area contributed by atoms with Gasteiger partial charge in [0, 0.05) is 30.7 Å². The summed E-state index contributed by atoms with van der Waals surface area (Å²) in [4.78, 5) is 14.5. The quantitative estimate of drug-likeness (QED) is 0.564. The van der Waals surface area contributed by atoms with Crippen molar-refractivity contribution in [3.63, 3.8) is 0 Å². The number of aryl methyl sites for hydroxylation is 1. The van der Waals surface area contributed by atoms with E-state index in [4.69, 9.17) is 0 Å². The summed E-state index contributed by atoms with van der Waals surface area (Å²) >= 11 is 0. The fraction of sp³-hybridized carbons (Fsp3) is 0.174. The highest BCUT2D eigenvalue weighted by molar-refractivity contribution is 5.90. The van der Waals surface area contributed by atoms with Crippen molar-refractivity contribution in [3.8, 4) is 0 Å². The predicted molar refractivity (Wildman–Crippen MR) is 111 cm³/mol. The molecule has 0 unspecified atom stereocenters. The maximum absolute atomic E-state index is 13.5. The standard InChI is InChI=1S/C23H24FN3O/c1-3-13-27(23(28)25-22-12-5-4-8-18(22)2)17-21-11-7-14-26(21)16-19-9-6-10-20(24)15-19/h3-12,14-15H,1,13,16-17H2,2H3,(H,25,28). The minimum atomic E-state index is -0.253. The van der Waals surface area contributed by atoms with Crippen LogP contribution in [0.3, 0.4) is 0 Å². The van der Waals surface area contributed by atoms with Crippen LogP contribution in [0.1, 0.15) is 16.8 Å². The second-order valence-electron chi connectivity index (χ2n) is 6.67. The Balaban J connectivity index is 1.74. The molecule has 4 nitrogen and oxygen atoms in total. The van der Waals surface area contributed by atoms with E-state index < -0.39 is 0 Å². The zero-order valence-corrected chi connectivity index (χ0v) is 15.9. The summed E-state index contributed by atoms with van der Waals surface area (Å²) in [6.07, 6.45) is 3.64. The SMILES string of the molecule is C=CCN(Cc1cccn1Cc1cccc(F)c1)C(=O)Nc1ccccc1C. The summed E-state index contributed by atoms with van der Waals surface area (Å²) in [5.41, 5.74) is 3.63. The van der Waals surface area contributed by atoms with Crippen molar-refractivity contribution in [2.75, 3.05) is 11.9 Å². The third-order valence-corrected chi connectivity index (χ3v) is 4.54. The molecule has 3 aromatic rings. The molecule has 0 aliphatic rings. The highest BCUT2D eigenvalue weighted by atomic mass is 19.1. The van der Waals surface area contributed by atoms with Gasteiger partial charge >= 0.3 is 6.03 Å². The number of hydrogen-bond acceptors (Lipinski definition) is 1. The van der Waals surface area contributed by atoms with Gasteiger partial charge in [-0.2, -0.15) is 0 Å². The van der Waals surface area contributed by atoms with Crippen molar-refractivity contribution in [1.82, 2.24) is 9.47 Å². The van der Waals surface area contributed by atoms with Crippen LogP contribution in [0.2, 0.25) is 0 Å². The van der Waals surface area contributed by atoms with Gasteiger partial charge in [-0.3, -0.25) is 0 Å². The summed E-state index contributed by atoms with van der Waals surface area (Å²) in [5, 5.41) is 2.96. The van der Waals surface area contributed by atoms with Crippen molar-refractivity contribution in [2.45, 2.75) is 20.0 Å². The van der Waals surface area contributed by atoms with Crippen LogP contribution in [0.4, 0.5) is 14.9 Å². The average Bonchev–Trinajstić information content (AvgIpc) is 3.10. The van der Waals surface area contributed by atoms with Gasteiger partial charge in [-0.25, -0.2) is 9.18 Å². The van der Waals surface area contributed by atoms with Gasteiger partial charge < -0.3 is 14.8 Å². The van der Waals surface area contributed by atoms with E-state index >= 15 is 0 Å². The van der Waals surface area contributed by atoms with Crippen LogP contribution in [0, 0.1) is 12.7 Å². The maximum atomic E-state index is 13.5. The van der Waals surface area contributed by atoms with E-state index in [0.717, 1.165) is 22.5 Å². The molecule has 5 heteroatoms. The first kappa shape index (κ1) is 19.4. The van der Waals surface area contributed by atoms with E-state index in [1.54, 1.807) is 17.0 Å². The maximum Gasteiger partial charge on any atom is 0.322 e. The molecule has 0 aliphatic carbocycles. The highest BCUT2D eigenvalue weighted by Crippen LogP contribution is 2.16. The Bertz CT molecular complexity index is 964. The predicted octanol–water partition coefficient (Wildman–Crippen LogP) is 5.20. The topological polar surface area (TPSA) is 37.3 Å². The summed E-state index contributed by atoms with van der Waals surface area (Å²) < 4.78 is 15.5. The second-order valence-corrected chi connectivity index (χ2v) is 6.67. The third-order valence-electron chi connectivity index (χ3n) is 4.54. The molecular formula is C23H24FN3O. The van der Waals surface area contributed by atoms with Crippen LogP contribution < -0.4 is 5.32 Å². The van der Waals surface area contributed by atoms with E-state index in [-0.39, 0.29) is 11.8 Å². The zero-order chi connectivity index (χ0) is 19.9. The third kappa shape index (κ3) is 4.88. The Morgan fingerprint density at radius 1 is 1.18 bits per heavy atom. The normalized spacial score (nSPS) is 10.5. The van der Waals surface area contributed by atoms with Crippen molar-refractivity contribution in [1.29, 1.82) is 0 Å². The van der Waals surface area contributed by atoms with Crippen LogP contribution in [-0.4, -0.2) is 22.0 Å². The molecule has 0 aliphatic heterocycles. The molecule has 2 aromatic carbocycles. The molecule has 0 saturated heterocycles. The summed E-state index contributed by atoms with van der Waals surface area (Å²) in [5.74, 6) is -0.253. The van der Waals surface area contributed by atoms with Gasteiger partial charge in [-0.15, -0.1) is 6.58 Å². The van der Waals surface area contributed by atoms with E-state index in [2.05, 4.69) is 11.9 Å². The lowest BCUT2D eigenvalue weighted by Gasteiger charge is -2.23. The number of aromatic nitrogens is 1. The first-order chi connectivity index (χ1) is 13.6. The molecule has 1 aromatic heterocycles. The first-order valence-electron chi connectivity index (χ1n) is 9.17. The Kier molecular flexibility index (Phi) is 6.27. The number of halogens is 1. The zero-order valence-electron chi connectivity index (χ0n) is 15.9. The number of amides is 2. The largest absolute Gasteiger partial charge is 0.345 e. The molecule has 0 atom stereocenters. The molecule has 0 saturated carbocycles. The van der Waals surface area contributed by atoms with Crippen molar-refractivity contribution >= 4 is 11.7 Å². The molecule has 144 valence electrons. The van der Waals surface area contributed by atoms with Gasteiger partial charge in [-0.05, 0) is 48.4 Å². The Morgan fingerprint density at radius 3 is 2.75 bits per heavy atom. The fourth-order valence-electron chi connectivity index (χ4n) is 3.06.